The summed E-state index contributed by atoms with van der Waals surface area (Å²) in [6.07, 6.45) is -1.12. The second-order valence-corrected chi connectivity index (χ2v) is 10.3. The molecule has 13 nitrogen and oxygen atoms in total. The molecule has 0 heterocycles. The third-order valence-corrected chi connectivity index (χ3v) is 6.83. The SMILES string of the molecule is C[C@H](O)[C@@H](NC(=O)[C@@H](CO)NC(=O)CNC(=O)[C@@H](Cc1ccc2ccccc2c1)NC(=O)[C@H](N)Cc1ccccc1)C(=O)O. The Kier molecular flexibility index (Phi) is 12.3. The average Bonchev–Trinajstić information content (AvgIpc) is 3.00. The van der Waals surface area contributed by atoms with Crippen LogP contribution < -0.4 is 27.0 Å². The highest BCUT2D eigenvalue weighted by molar-refractivity contribution is 5.94. The lowest BCUT2D eigenvalue weighted by Gasteiger charge is -2.22. The molecule has 9 N–H and O–H groups in total. The van der Waals surface area contributed by atoms with E-state index in [1.165, 1.54) is 0 Å². The summed E-state index contributed by atoms with van der Waals surface area (Å²) in [6.45, 7) is -0.345. The van der Waals surface area contributed by atoms with Crippen molar-refractivity contribution >= 4 is 40.4 Å². The van der Waals surface area contributed by atoms with Crippen molar-refractivity contribution < 1.29 is 39.3 Å². The summed E-state index contributed by atoms with van der Waals surface area (Å²) in [6, 6.07) is 17.1. The number of benzene rings is 3. The molecular formula is C31H37N5O8. The number of nitrogens with one attached hydrogen (secondary N) is 4. The van der Waals surface area contributed by atoms with E-state index >= 15 is 0 Å². The fraction of sp³-hybridized carbons (Fsp3) is 0.323. The zero-order valence-corrected chi connectivity index (χ0v) is 24.1. The number of amides is 4. The summed E-state index contributed by atoms with van der Waals surface area (Å²) >= 11 is 0. The van der Waals surface area contributed by atoms with Crippen LogP contribution in [0.4, 0.5) is 0 Å². The van der Waals surface area contributed by atoms with Crippen molar-refractivity contribution in [3.63, 3.8) is 0 Å². The second kappa shape index (κ2) is 16.1. The van der Waals surface area contributed by atoms with Crippen molar-refractivity contribution in [2.75, 3.05) is 13.2 Å². The topological polar surface area (TPSA) is 220 Å². The fourth-order valence-electron chi connectivity index (χ4n) is 4.42. The minimum atomic E-state index is -1.67. The largest absolute Gasteiger partial charge is 0.480 e. The van der Waals surface area contributed by atoms with Crippen molar-refractivity contribution in [3.05, 3.63) is 83.9 Å². The average molecular weight is 608 g/mol. The third-order valence-electron chi connectivity index (χ3n) is 6.83. The van der Waals surface area contributed by atoms with E-state index < -0.39 is 73.0 Å². The van der Waals surface area contributed by atoms with Crippen LogP contribution in [0.3, 0.4) is 0 Å². The van der Waals surface area contributed by atoms with Gasteiger partial charge in [0.05, 0.1) is 25.3 Å². The van der Waals surface area contributed by atoms with Crippen LogP contribution in [0.5, 0.6) is 0 Å². The van der Waals surface area contributed by atoms with Gasteiger partial charge in [0.15, 0.2) is 6.04 Å². The summed E-state index contributed by atoms with van der Waals surface area (Å²) in [7, 11) is 0. The minimum absolute atomic E-state index is 0.0830. The molecule has 3 aromatic rings. The summed E-state index contributed by atoms with van der Waals surface area (Å²) in [4.78, 5) is 62.4. The van der Waals surface area contributed by atoms with Crippen molar-refractivity contribution in [3.8, 4) is 0 Å². The van der Waals surface area contributed by atoms with Crippen molar-refractivity contribution in [2.45, 2.75) is 50.0 Å². The van der Waals surface area contributed by atoms with Crippen LogP contribution in [0.15, 0.2) is 72.8 Å². The van der Waals surface area contributed by atoms with E-state index in [4.69, 9.17) is 10.8 Å². The van der Waals surface area contributed by atoms with Gasteiger partial charge in [0.25, 0.3) is 0 Å². The van der Waals surface area contributed by atoms with Crippen LogP contribution >= 0.6 is 0 Å². The Hall–Kier alpha value is -4.85. The molecule has 0 radical (unpaired) electrons. The Morgan fingerprint density at radius 3 is 2.05 bits per heavy atom. The molecule has 0 unspecified atom stereocenters. The number of hydrogen-bond donors (Lipinski definition) is 8. The normalized spacial score (nSPS) is 14.4. The number of carboxylic acid groups (broad SMARTS) is 1. The molecular weight excluding hydrogens is 570 g/mol. The van der Waals surface area contributed by atoms with Gasteiger partial charge in [-0.15, -0.1) is 0 Å². The van der Waals surface area contributed by atoms with E-state index in [1.807, 2.05) is 78.1 Å². The molecule has 5 atom stereocenters. The van der Waals surface area contributed by atoms with Gasteiger partial charge in [-0.1, -0.05) is 72.8 Å². The lowest BCUT2D eigenvalue weighted by Crippen LogP contribution is -2.57. The highest BCUT2D eigenvalue weighted by Gasteiger charge is 2.30. The molecule has 4 amide bonds. The van der Waals surface area contributed by atoms with Crippen LogP contribution in [0.1, 0.15) is 18.1 Å². The van der Waals surface area contributed by atoms with Crippen LogP contribution in [0, 0.1) is 0 Å². The van der Waals surface area contributed by atoms with Crippen LogP contribution in [-0.2, 0) is 36.8 Å². The van der Waals surface area contributed by atoms with E-state index in [2.05, 4.69) is 16.0 Å². The van der Waals surface area contributed by atoms with Crippen molar-refractivity contribution in [1.82, 2.24) is 21.3 Å². The van der Waals surface area contributed by atoms with Gasteiger partial charge in [-0.3, -0.25) is 19.2 Å². The maximum atomic E-state index is 13.2. The van der Waals surface area contributed by atoms with Gasteiger partial charge in [0.2, 0.25) is 23.6 Å². The highest BCUT2D eigenvalue weighted by atomic mass is 16.4. The molecule has 0 bridgehead atoms. The lowest BCUT2D eigenvalue weighted by atomic mass is 10.00. The first-order valence-electron chi connectivity index (χ1n) is 13.9. The van der Waals surface area contributed by atoms with E-state index in [0.717, 1.165) is 28.8 Å². The Balaban J connectivity index is 1.68. The molecule has 3 aromatic carbocycles. The summed E-state index contributed by atoms with van der Waals surface area (Å²) in [5, 5.41) is 39.5. The zero-order chi connectivity index (χ0) is 32.2. The molecule has 13 heteroatoms. The Morgan fingerprint density at radius 1 is 0.750 bits per heavy atom. The van der Waals surface area contributed by atoms with E-state index in [9.17, 15) is 34.2 Å². The number of carboxylic acids is 1. The van der Waals surface area contributed by atoms with E-state index in [-0.39, 0.29) is 12.8 Å². The van der Waals surface area contributed by atoms with Gasteiger partial charge in [0.1, 0.15) is 12.1 Å². The molecule has 0 aromatic heterocycles. The number of aliphatic carboxylic acids is 1. The Labute approximate surface area is 253 Å². The predicted octanol–water partition coefficient (Wildman–Crippen LogP) is -1.02. The smallest absolute Gasteiger partial charge is 0.328 e. The first-order valence-corrected chi connectivity index (χ1v) is 13.9. The van der Waals surface area contributed by atoms with Gasteiger partial charge in [-0.2, -0.15) is 0 Å². The molecule has 0 aliphatic rings. The molecule has 0 aliphatic heterocycles. The van der Waals surface area contributed by atoms with Crippen LogP contribution in [-0.4, -0.2) is 88.3 Å². The molecule has 0 spiro atoms. The predicted molar refractivity (Wildman–Crippen MR) is 161 cm³/mol. The first-order chi connectivity index (χ1) is 21.0. The Morgan fingerprint density at radius 2 is 1.41 bits per heavy atom. The number of carbonyl (C=O) groups is 5. The lowest BCUT2D eigenvalue weighted by molar-refractivity contribution is -0.145. The van der Waals surface area contributed by atoms with Crippen molar-refractivity contribution in [2.24, 2.45) is 5.73 Å². The monoisotopic (exact) mass is 607 g/mol. The highest BCUT2D eigenvalue weighted by Crippen LogP contribution is 2.17. The van der Waals surface area contributed by atoms with Gasteiger partial charge >= 0.3 is 5.97 Å². The molecule has 0 saturated carbocycles. The standard InChI is InChI=1S/C31H37N5O8/c1-18(38)27(31(43)44)36-30(42)25(17-37)34-26(39)16-33-29(41)24(15-20-11-12-21-9-5-6-10-22(21)13-20)35-28(40)23(32)14-19-7-3-2-4-8-19/h2-13,18,23-25,27,37-38H,14-17,32H2,1H3,(H,33,41)(H,34,39)(H,35,40)(H,36,42)(H,43,44)/t18-,23+,24+,25+,27+/m0/s1. The number of nitrogens with two attached hydrogens (primary N) is 1. The summed E-state index contributed by atoms with van der Waals surface area (Å²) in [5.74, 6) is -4.69. The van der Waals surface area contributed by atoms with E-state index in [0.29, 0.717) is 0 Å². The van der Waals surface area contributed by atoms with Gasteiger partial charge in [0, 0.05) is 6.42 Å². The summed E-state index contributed by atoms with van der Waals surface area (Å²) < 4.78 is 0. The number of carbonyl (C=O) groups excluding carboxylic acids is 4. The number of rotatable bonds is 15. The number of aliphatic hydroxyl groups is 2. The maximum absolute atomic E-state index is 13.2. The second-order valence-electron chi connectivity index (χ2n) is 10.3. The third kappa shape index (κ3) is 9.87. The maximum Gasteiger partial charge on any atom is 0.328 e. The quantitative estimate of drug-likeness (QED) is 0.106. The molecule has 3 rings (SSSR count). The molecule has 0 fully saturated rings. The van der Waals surface area contributed by atoms with E-state index in [1.54, 1.807) is 0 Å². The number of hydrogen-bond acceptors (Lipinski definition) is 8. The molecule has 0 aliphatic carbocycles. The fourth-order valence-corrected chi connectivity index (χ4v) is 4.42. The first kappa shape index (κ1) is 33.6. The number of fused-ring (bicyclic) bond motifs is 1. The van der Waals surface area contributed by atoms with Gasteiger partial charge in [-0.05, 0) is 35.2 Å². The van der Waals surface area contributed by atoms with Crippen molar-refractivity contribution in [1.29, 1.82) is 0 Å². The zero-order valence-electron chi connectivity index (χ0n) is 24.1. The van der Waals surface area contributed by atoms with Gasteiger partial charge in [-0.25, -0.2) is 4.79 Å². The molecule has 234 valence electrons. The van der Waals surface area contributed by atoms with Crippen LogP contribution in [0.2, 0.25) is 0 Å². The van der Waals surface area contributed by atoms with Crippen LogP contribution in [0.25, 0.3) is 10.8 Å². The van der Waals surface area contributed by atoms with Gasteiger partial charge < -0.3 is 42.3 Å². The Bertz CT molecular complexity index is 1470. The minimum Gasteiger partial charge on any atom is -0.480 e. The molecule has 44 heavy (non-hydrogen) atoms. The number of aliphatic hydroxyl groups excluding tert-OH is 2. The summed E-state index contributed by atoms with van der Waals surface area (Å²) in [5.41, 5.74) is 7.72. The molecule has 0 saturated heterocycles.